The zero-order chi connectivity index (χ0) is 15.7. The Morgan fingerprint density at radius 3 is 2.88 bits per heavy atom. The Labute approximate surface area is 137 Å². The molecule has 5 aromatic rings. The molecule has 0 bridgehead atoms. The highest BCUT2D eigenvalue weighted by molar-refractivity contribution is 6.10. The molecule has 6 rings (SSSR count). The summed E-state index contributed by atoms with van der Waals surface area (Å²) < 4.78 is 2.28. The number of rotatable bonds is 0. The number of hydrogen-bond donors (Lipinski definition) is 0. The van der Waals surface area contributed by atoms with Gasteiger partial charge in [0.1, 0.15) is 5.65 Å². The lowest BCUT2D eigenvalue weighted by atomic mass is 10.1. The van der Waals surface area contributed by atoms with E-state index in [1.54, 1.807) is 0 Å². The Bertz CT molecular complexity index is 1280. The van der Waals surface area contributed by atoms with Gasteiger partial charge in [0.2, 0.25) is 0 Å². The van der Waals surface area contributed by atoms with Crippen molar-refractivity contribution in [1.29, 1.82) is 0 Å². The molecule has 0 spiro atoms. The second-order valence-corrected chi connectivity index (χ2v) is 6.19. The van der Waals surface area contributed by atoms with E-state index in [0.29, 0.717) is 0 Å². The van der Waals surface area contributed by atoms with Gasteiger partial charge in [0.05, 0.1) is 22.4 Å². The summed E-state index contributed by atoms with van der Waals surface area (Å²) in [4.78, 5) is 13.9. The molecule has 0 aliphatic heterocycles. The van der Waals surface area contributed by atoms with Crippen molar-refractivity contribution in [3.8, 4) is 11.3 Å². The molecule has 0 radical (unpaired) electrons. The van der Waals surface area contributed by atoms with Crippen LogP contribution in [0.15, 0.2) is 61.1 Å². The van der Waals surface area contributed by atoms with Crippen molar-refractivity contribution < 1.29 is 0 Å². The molecule has 1 aliphatic rings. The molecule has 0 unspecified atom stereocenters. The van der Waals surface area contributed by atoms with E-state index in [9.17, 15) is 0 Å². The molecular weight excluding hydrogens is 296 g/mol. The van der Waals surface area contributed by atoms with E-state index < -0.39 is 0 Å². The first-order chi connectivity index (χ1) is 11.9. The summed E-state index contributed by atoms with van der Waals surface area (Å²) >= 11 is 0. The van der Waals surface area contributed by atoms with Crippen molar-refractivity contribution in [3.63, 3.8) is 0 Å². The van der Waals surface area contributed by atoms with E-state index in [1.165, 1.54) is 16.8 Å². The fraction of sp³-hybridized carbons (Fsp3) is 0.0500. The maximum absolute atomic E-state index is 4.99. The van der Waals surface area contributed by atoms with Gasteiger partial charge in [-0.05, 0) is 23.8 Å². The van der Waals surface area contributed by atoms with Crippen LogP contribution in [-0.4, -0.2) is 19.4 Å². The Hall–Kier alpha value is -3.27. The molecule has 1 aromatic carbocycles. The normalized spacial score (nSPS) is 12.8. The van der Waals surface area contributed by atoms with E-state index >= 15 is 0 Å². The van der Waals surface area contributed by atoms with Crippen LogP contribution in [0.25, 0.3) is 38.7 Å². The number of pyridine rings is 3. The van der Waals surface area contributed by atoms with Gasteiger partial charge in [-0.1, -0.05) is 24.3 Å². The van der Waals surface area contributed by atoms with Crippen LogP contribution in [0.3, 0.4) is 0 Å². The van der Waals surface area contributed by atoms with E-state index in [-0.39, 0.29) is 0 Å². The van der Waals surface area contributed by atoms with Crippen molar-refractivity contribution in [2.75, 3.05) is 0 Å². The van der Waals surface area contributed by atoms with Gasteiger partial charge in [-0.2, -0.15) is 0 Å². The minimum atomic E-state index is 0.890. The van der Waals surface area contributed by atoms with Crippen LogP contribution in [0.2, 0.25) is 0 Å². The Morgan fingerprint density at radius 1 is 0.917 bits per heavy atom. The number of fused-ring (bicyclic) bond motifs is 10. The van der Waals surface area contributed by atoms with Crippen molar-refractivity contribution in [2.24, 2.45) is 0 Å². The van der Waals surface area contributed by atoms with Crippen molar-refractivity contribution in [3.05, 3.63) is 72.3 Å². The van der Waals surface area contributed by atoms with Crippen LogP contribution in [-0.2, 0) is 6.42 Å². The molecule has 0 saturated heterocycles. The van der Waals surface area contributed by atoms with Crippen LogP contribution >= 0.6 is 0 Å². The highest BCUT2D eigenvalue weighted by Gasteiger charge is 2.26. The van der Waals surface area contributed by atoms with Gasteiger partial charge in [-0.25, -0.2) is 4.98 Å². The number of hydrogen-bond acceptors (Lipinski definition) is 3. The van der Waals surface area contributed by atoms with Crippen LogP contribution in [0, 0.1) is 0 Å². The average molecular weight is 308 g/mol. The standard InChI is InChI=1S/C20H12N4/c1-2-5-13-12(4-1)10-16-19(13)24-17-7-9-21-11-15(17)18-14(20(24)23-16)6-3-8-22-18/h1-9,11H,10H2. The molecule has 1 aliphatic carbocycles. The topological polar surface area (TPSA) is 43.1 Å². The second kappa shape index (κ2) is 4.17. The van der Waals surface area contributed by atoms with Crippen LogP contribution in [0.1, 0.15) is 11.3 Å². The second-order valence-electron chi connectivity index (χ2n) is 6.19. The highest BCUT2D eigenvalue weighted by atomic mass is 15.0. The molecule has 0 saturated carbocycles. The number of imidazole rings is 1. The SMILES string of the molecule is c1ccc2c(c1)Cc1nc3c4cccnc4c4cnccc4n3c1-2. The largest absolute Gasteiger partial charge is 0.291 e. The molecule has 4 aromatic heterocycles. The maximum Gasteiger partial charge on any atom is 0.147 e. The zero-order valence-electron chi connectivity index (χ0n) is 12.8. The lowest BCUT2D eigenvalue weighted by molar-refractivity contribution is 1.17. The lowest BCUT2D eigenvalue weighted by Crippen LogP contribution is -1.95. The first-order valence-electron chi connectivity index (χ1n) is 8.02. The van der Waals surface area contributed by atoms with Crippen LogP contribution < -0.4 is 0 Å². The van der Waals surface area contributed by atoms with Gasteiger partial charge in [-0.3, -0.25) is 14.4 Å². The van der Waals surface area contributed by atoms with Crippen molar-refractivity contribution >= 4 is 27.5 Å². The summed E-state index contributed by atoms with van der Waals surface area (Å²) in [5.41, 5.74) is 8.03. The zero-order valence-corrected chi connectivity index (χ0v) is 12.8. The van der Waals surface area contributed by atoms with Gasteiger partial charge in [0, 0.05) is 41.3 Å². The third-order valence-electron chi connectivity index (χ3n) is 4.92. The van der Waals surface area contributed by atoms with Gasteiger partial charge >= 0.3 is 0 Å². The van der Waals surface area contributed by atoms with Crippen LogP contribution in [0.5, 0.6) is 0 Å². The molecule has 0 fully saturated rings. The summed E-state index contributed by atoms with van der Waals surface area (Å²) in [6.45, 7) is 0. The van der Waals surface area contributed by atoms with E-state index in [4.69, 9.17) is 4.98 Å². The Morgan fingerprint density at radius 2 is 1.88 bits per heavy atom. The molecule has 0 atom stereocenters. The fourth-order valence-corrected chi connectivity index (χ4v) is 3.93. The fourth-order valence-electron chi connectivity index (χ4n) is 3.93. The minimum Gasteiger partial charge on any atom is -0.291 e. The molecule has 0 amide bonds. The average Bonchev–Trinajstić information content (AvgIpc) is 3.18. The van der Waals surface area contributed by atoms with Crippen molar-refractivity contribution in [1.82, 2.24) is 19.4 Å². The molecule has 4 nitrogen and oxygen atoms in total. The summed E-state index contributed by atoms with van der Waals surface area (Å²) in [5.74, 6) is 0. The third-order valence-corrected chi connectivity index (χ3v) is 4.92. The number of aromatic nitrogens is 4. The predicted octanol–water partition coefficient (Wildman–Crippen LogP) is 4.00. The van der Waals surface area contributed by atoms with E-state index in [1.807, 2.05) is 24.7 Å². The highest BCUT2D eigenvalue weighted by Crippen LogP contribution is 2.40. The number of benzene rings is 1. The van der Waals surface area contributed by atoms with Gasteiger partial charge in [-0.15, -0.1) is 0 Å². The first kappa shape index (κ1) is 12.2. The van der Waals surface area contributed by atoms with E-state index in [0.717, 1.165) is 39.6 Å². The van der Waals surface area contributed by atoms with E-state index in [2.05, 4.69) is 50.8 Å². The minimum absolute atomic E-state index is 0.890. The van der Waals surface area contributed by atoms with Gasteiger partial charge in [0.15, 0.2) is 0 Å². The lowest BCUT2D eigenvalue weighted by Gasteiger charge is -2.09. The summed E-state index contributed by atoms with van der Waals surface area (Å²) in [6, 6.07) is 14.7. The summed E-state index contributed by atoms with van der Waals surface area (Å²) in [6.07, 6.45) is 6.46. The van der Waals surface area contributed by atoms with Crippen LogP contribution in [0.4, 0.5) is 0 Å². The summed E-state index contributed by atoms with van der Waals surface area (Å²) in [7, 11) is 0. The maximum atomic E-state index is 4.99. The first-order valence-corrected chi connectivity index (χ1v) is 8.02. The third kappa shape index (κ3) is 1.36. The molecule has 112 valence electrons. The molecular formula is C20H12N4. The number of nitrogens with zero attached hydrogens (tertiary/aromatic N) is 4. The smallest absolute Gasteiger partial charge is 0.147 e. The monoisotopic (exact) mass is 308 g/mol. The molecule has 4 heterocycles. The molecule has 24 heavy (non-hydrogen) atoms. The van der Waals surface area contributed by atoms with Crippen molar-refractivity contribution in [2.45, 2.75) is 6.42 Å². The summed E-state index contributed by atoms with van der Waals surface area (Å²) in [5, 5.41) is 2.13. The Balaban J connectivity index is 1.93. The molecule has 4 heteroatoms. The van der Waals surface area contributed by atoms with Gasteiger partial charge in [0.25, 0.3) is 0 Å². The molecule has 0 N–H and O–H groups in total. The van der Waals surface area contributed by atoms with Gasteiger partial charge < -0.3 is 0 Å². The Kier molecular flexibility index (Phi) is 2.12. The quantitative estimate of drug-likeness (QED) is 0.398. The predicted molar refractivity (Wildman–Crippen MR) is 94.0 cm³/mol.